The van der Waals surface area contributed by atoms with Crippen LogP contribution in [0.1, 0.15) is 57.7 Å². The van der Waals surface area contributed by atoms with Crippen molar-refractivity contribution in [3.8, 4) is 0 Å². The first-order valence-electron chi connectivity index (χ1n) is 8.73. The van der Waals surface area contributed by atoms with Gasteiger partial charge in [-0.2, -0.15) is 5.10 Å². The Bertz CT molecular complexity index is 760. The Morgan fingerprint density at radius 3 is 2.50 bits per heavy atom. The molecule has 0 radical (unpaired) electrons. The van der Waals surface area contributed by atoms with Gasteiger partial charge in [0.15, 0.2) is 0 Å². The fraction of sp³-hybridized carbons (Fsp3) is 0.474. The van der Waals surface area contributed by atoms with Crippen LogP contribution >= 0.6 is 0 Å². The number of hydrogen-bond acceptors (Lipinski definition) is 4. The van der Waals surface area contributed by atoms with Crippen LogP contribution in [0.4, 0.5) is 5.69 Å². The van der Waals surface area contributed by atoms with Crippen molar-refractivity contribution in [2.45, 2.75) is 58.5 Å². The zero-order valence-corrected chi connectivity index (χ0v) is 15.7. The van der Waals surface area contributed by atoms with Crippen molar-refractivity contribution in [3.05, 3.63) is 57.9 Å². The van der Waals surface area contributed by atoms with Gasteiger partial charge in [0.05, 0.1) is 11.0 Å². The number of hydrogen-bond donors (Lipinski definition) is 1. The fourth-order valence-corrected chi connectivity index (χ4v) is 2.64. The minimum Gasteiger partial charge on any atom is -0.350 e. The number of carbonyl (C=O) groups is 1. The number of nitrogens with zero attached hydrogens (tertiary/aromatic N) is 3. The van der Waals surface area contributed by atoms with Gasteiger partial charge in [-0.15, -0.1) is 0 Å². The number of carbonyl (C=O) groups excluding carboxylic acids is 1. The topological polar surface area (TPSA) is 90.1 Å². The van der Waals surface area contributed by atoms with Crippen molar-refractivity contribution < 1.29 is 9.72 Å². The molecule has 0 fully saturated rings. The van der Waals surface area contributed by atoms with Gasteiger partial charge in [0.2, 0.25) is 5.91 Å². The molecule has 2 aromatic rings. The molecule has 0 bridgehead atoms. The third kappa shape index (κ3) is 5.40. The fourth-order valence-electron chi connectivity index (χ4n) is 2.64. The SMILES string of the molecule is CC(NC(=O)CCCn1cc([N+](=O)[O-])cn1)c1ccc(C(C)(C)C)cc1. The molecule has 7 heteroatoms. The monoisotopic (exact) mass is 358 g/mol. The quantitative estimate of drug-likeness (QED) is 0.603. The van der Waals surface area contributed by atoms with Crippen molar-refractivity contribution in [3.63, 3.8) is 0 Å². The van der Waals surface area contributed by atoms with E-state index in [0.717, 1.165) is 5.56 Å². The summed E-state index contributed by atoms with van der Waals surface area (Å²) >= 11 is 0. The molecule has 1 atom stereocenters. The van der Waals surface area contributed by atoms with Gasteiger partial charge in [-0.1, -0.05) is 45.0 Å². The van der Waals surface area contributed by atoms with E-state index in [-0.39, 0.29) is 23.1 Å². The molecule has 26 heavy (non-hydrogen) atoms. The molecule has 0 saturated carbocycles. The summed E-state index contributed by atoms with van der Waals surface area (Å²) in [7, 11) is 0. The third-order valence-electron chi connectivity index (χ3n) is 4.28. The van der Waals surface area contributed by atoms with E-state index < -0.39 is 4.92 Å². The lowest BCUT2D eigenvalue weighted by Gasteiger charge is -2.20. The zero-order chi connectivity index (χ0) is 19.3. The summed E-state index contributed by atoms with van der Waals surface area (Å²) in [5.41, 5.74) is 2.39. The molecule has 0 aliphatic heterocycles. The highest BCUT2D eigenvalue weighted by molar-refractivity contribution is 5.76. The predicted octanol–water partition coefficient (Wildman–Crippen LogP) is 3.75. The highest BCUT2D eigenvalue weighted by Crippen LogP contribution is 2.24. The lowest BCUT2D eigenvalue weighted by Crippen LogP contribution is -2.26. The first-order chi connectivity index (χ1) is 12.2. The smallest absolute Gasteiger partial charge is 0.306 e. The molecule has 2 rings (SSSR count). The summed E-state index contributed by atoms with van der Waals surface area (Å²) in [6.45, 7) is 8.93. The molecule has 140 valence electrons. The summed E-state index contributed by atoms with van der Waals surface area (Å²) in [5, 5.41) is 17.5. The van der Waals surface area contributed by atoms with E-state index in [0.29, 0.717) is 19.4 Å². The van der Waals surface area contributed by atoms with Crippen LogP contribution in [0.3, 0.4) is 0 Å². The Balaban J connectivity index is 1.80. The van der Waals surface area contributed by atoms with E-state index in [1.807, 2.05) is 6.92 Å². The summed E-state index contributed by atoms with van der Waals surface area (Å²) in [5.74, 6) is -0.0425. The second-order valence-corrected chi connectivity index (χ2v) is 7.48. The van der Waals surface area contributed by atoms with Gasteiger partial charge in [0, 0.05) is 13.0 Å². The molecule has 1 unspecified atom stereocenters. The first kappa shape index (κ1) is 19.6. The third-order valence-corrected chi connectivity index (χ3v) is 4.28. The summed E-state index contributed by atoms with van der Waals surface area (Å²) in [6.07, 6.45) is 3.50. The maximum atomic E-state index is 12.1. The Hall–Kier alpha value is -2.70. The lowest BCUT2D eigenvalue weighted by atomic mass is 9.86. The Morgan fingerprint density at radius 1 is 1.31 bits per heavy atom. The van der Waals surface area contributed by atoms with Crippen LogP contribution in [0, 0.1) is 10.1 Å². The minimum absolute atomic E-state index is 0.0400. The van der Waals surface area contributed by atoms with Crippen molar-refractivity contribution >= 4 is 11.6 Å². The second-order valence-electron chi connectivity index (χ2n) is 7.48. The molecule has 0 saturated heterocycles. The van der Waals surface area contributed by atoms with E-state index in [4.69, 9.17) is 0 Å². The zero-order valence-electron chi connectivity index (χ0n) is 15.7. The number of rotatable bonds is 7. The first-order valence-corrected chi connectivity index (χ1v) is 8.73. The van der Waals surface area contributed by atoms with Crippen molar-refractivity contribution in [1.29, 1.82) is 0 Å². The van der Waals surface area contributed by atoms with E-state index in [9.17, 15) is 14.9 Å². The minimum atomic E-state index is -0.483. The van der Waals surface area contributed by atoms with Crippen LogP contribution in [-0.4, -0.2) is 20.6 Å². The summed E-state index contributed by atoms with van der Waals surface area (Å²) in [4.78, 5) is 22.2. The summed E-state index contributed by atoms with van der Waals surface area (Å²) < 4.78 is 1.49. The van der Waals surface area contributed by atoms with E-state index >= 15 is 0 Å². The average Bonchev–Trinajstić information content (AvgIpc) is 3.03. The molecule has 1 N–H and O–H groups in total. The second kappa shape index (κ2) is 8.12. The van der Waals surface area contributed by atoms with Crippen molar-refractivity contribution in [1.82, 2.24) is 15.1 Å². The number of benzene rings is 1. The maximum Gasteiger partial charge on any atom is 0.306 e. The van der Waals surface area contributed by atoms with Crippen molar-refractivity contribution in [2.24, 2.45) is 0 Å². The molecule has 1 aromatic heterocycles. The van der Waals surface area contributed by atoms with E-state index in [1.165, 1.54) is 22.6 Å². The number of nitrogens with one attached hydrogen (secondary N) is 1. The number of aromatic nitrogens is 2. The predicted molar refractivity (Wildman–Crippen MR) is 99.8 cm³/mol. The van der Waals surface area contributed by atoms with Crippen LogP contribution in [0.2, 0.25) is 0 Å². The van der Waals surface area contributed by atoms with Crippen LogP contribution in [0.25, 0.3) is 0 Å². The molecule has 1 amide bonds. The Morgan fingerprint density at radius 2 is 1.96 bits per heavy atom. The standard InChI is InChI=1S/C19H26N4O3/c1-14(15-7-9-16(10-8-15)19(2,3)4)21-18(24)6-5-11-22-13-17(12-20-22)23(25)26/h7-10,12-14H,5-6,11H2,1-4H3,(H,21,24). The van der Waals surface area contributed by atoms with Gasteiger partial charge in [0.25, 0.3) is 0 Å². The van der Waals surface area contributed by atoms with Gasteiger partial charge in [-0.3, -0.25) is 19.6 Å². The molecule has 1 aromatic carbocycles. The van der Waals surface area contributed by atoms with Gasteiger partial charge in [-0.25, -0.2) is 0 Å². The van der Waals surface area contributed by atoms with E-state index in [1.54, 1.807) is 0 Å². The molecule has 1 heterocycles. The van der Waals surface area contributed by atoms with Crippen LogP contribution < -0.4 is 5.32 Å². The molecule has 7 nitrogen and oxygen atoms in total. The maximum absolute atomic E-state index is 12.1. The number of amides is 1. The molecular formula is C19H26N4O3. The molecule has 0 aliphatic carbocycles. The van der Waals surface area contributed by atoms with Gasteiger partial charge in [0.1, 0.15) is 12.4 Å². The Labute approximate surface area is 153 Å². The molecule has 0 spiro atoms. The average molecular weight is 358 g/mol. The number of aryl methyl sites for hydroxylation is 1. The van der Waals surface area contributed by atoms with Gasteiger partial charge < -0.3 is 5.32 Å². The van der Waals surface area contributed by atoms with Crippen molar-refractivity contribution in [2.75, 3.05) is 0 Å². The van der Waals surface area contributed by atoms with Gasteiger partial charge >= 0.3 is 5.69 Å². The van der Waals surface area contributed by atoms with Gasteiger partial charge in [-0.05, 0) is 29.9 Å². The molecule has 0 aliphatic rings. The van der Waals surface area contributed by atoms with Crippen LogP contribution in [-0.2, 0) is 16.8 Å². The van der Waals surface area contributed by atoms with Crippen LogP contribution in [0.15, 0.2) is 36.7 Å². The number of nitro groups is 1. The Kier molecular flexibility index (Phi) is 6.13. The summed E-state index contributed by atoms with van der Waals surface area (Å²) in [6, 6.07) is 8.23. The normalized spacial score (nSPS) is 12.6. The lowest BCUT2D eigenvalue weighted by molar-refractivity contribution is -0.385. The highest BCUT2D eigenvalue weighted by atomic mass is 16.6. The van der Waals surface area contributed by atoms with E-state index in [2.05, 4.69) is 55.5 Å². The largest absolute Gasteiger partial charge is 0.350 e. The van der Waals surface area contributed by atoms with Crippen LogP contribution in [0.5, 0.6) is 0 Å². The molecular weight excluding hydrogens is 332 g/mol. The highest BCUT2D eigenvalue weighted by Gasteiger charge is 2.15.